The van der Waals surface area contributed by atoms with Gasteiger partial charge in [-0.3, -0.25) is 4.34 Å². The fourth-order valence-corrected chi connectivity index (χ4v) is 5.37. The topological polar surface area (TPSA) is 108 Å². The molecule has 182 valence electrons. The van der Waals surface area contributed by atoms with Crippen LogP contribution in [0, 0.1) is 0 Å². The zero-order valence-corrected chi connectivity index (χ0v) is 22.8. The third kappa shape index (κ3) is 4.75. The molecule has 3 heterocycles. The van der Waals surface area contributed by atoms with Gasteiger partial charge in [-0.25, -0.2) is 29.7 Å². The van der Waals surface area contributed by atoms with E-state index in [2.05, 4.69) is 49.2 Å². The number of benzene rings is 2. The first-order valence-electron chi connectivity index (χ1n) is 11.5. The Kier molecular flexibility index (Phi) is 7.33. The van der Waals surface area contributed by atoms with Gasteiger partial charge in [-0.15, -0.1) is 0 Å². The summed E-state index contributed by atoms with van der Waals surface area (Å²) in [6.07, 6.45) is 4.55. The molecule has 0 bridgehead atoms. The molecule has 0 saturated carbocycles. The molecule has 5 aromatic rings. The Hall–Kier alpha value is -3.24. The summed E-state index contributed by atoms with van der Waals surface area (Å²) >= 11 is 2.30. The van der Waals surface area contributed by atoms with Crippen molar-refractivity contribution in [2.45, 2.75) is 26.3 Å². The molecule has 5 rings (SSSR count). The molecule has 2 aromatic carbocycles. The van der Waals surface area contributed by atoms with Crippen LogP contribution in [-0.4, -0.2) is 41.8 Å². The highest BCUT2D eigenvalue weighted by Crippen LogP contribution is 2.32. The number of hydrogen-bond acceptors (Lipinski definition) is 8. The molecule has 0 spiro atoms. The number of anilines is 1. The van der Waals surface area contributed by atoms with Crippen LogP contribution in [0.5, 0.6) is 0 Å². The number of nitrogens with one attached hydrogen (secondary N) is 1. The smallest absolute Gasteiger partial charge is 0.338 e. The Balaban J connectivity index is 1.55. The summed E-state index contributed by atoms with van der Waals surface area (Å²) in [6.45, 7) is 4.21. The number of fused-ring (bicyclic) bond motifs is 2. The highest BCUT2D eigenvalue weighted by Gasteiger charge is 2.20. The quantitative estimate of drug-likeness (QED) is 0.130. The van der Waals surface area contributed by atoms with Crippen LogP contribution in [0.1, 0.15) is 42.5 Å². The van der Waals surface area contributed by atoms with Gasteiger partial charge in [0.1, 0.15) is 12.7 Å². The number of para-hydroxylation sites is 1. The maximum atomic E-state index is 12.1. The first-order valence-corrected chi connectivity index (χ1v) is 15.5. The minimum absolute atomic E-state index is 0.197. The average molecular weight is 611 g/mol. The lowest BCUT2D eigenvalue weighted by Crippen LogP contribution is -2.15. The first kappa shape index (κ1) is 24.5. The maximum absolute atomic E-state index is 12.1. The van der Waals surface area contributed by atoms with Crippen LogP contribution in [0.4, 0.5) is 5.82 Å². The zero-order valence-electron chi connectivity index (χ0n) is 19.6. The van der Waals surface area contributed by atoms with E-state index in [4.69, 9.17) is 14.7 Å². The predicted molar refractivity (Wildman–Crippen MR) is 151 cm³/mol. The van der Waals surface area contributed by atoms with Crippen LogP contribution in [0.25, 0.3) is 33.3 Å². The van der Waals surface area contributed by atoms with Crippen molar-refractivity contribution in [2.24, 2.45) is 0 Å². The zero-order chi connectivity index (χ0) is 25.1. The average Bonchev–Trinajstić information content (AvgIpc) is 3.35. The summed E-state index contributed by atoms with van der Waals surface area (Å²) < 4.78 is 7.11. The van der Waals surface area contributed by atoms with Gasteiger partial charge in [-0.05, 0) is 53.6 Å². The van der Waals surface area contributed by atoms with Gasteiger partial charge in [0.05, 0.1) is 35.8 Å². The summed E-state index contributed by atoms with van der Waals surface area (Å²) in [4.78, 5) is 35.3. The Morgan fingerprint density at radius 2 is 1.89 bits per heavy atom. The van der Waals surface area contributed by atoms with Crippen molar-refractivity contribution < 1.29 is 9.53 Å². The van der Waals surface area contributed by atoms with E-state index in [9.17, 15) is 4.79 Å². The van der Waals surface area contributed by atoms with Gasteiger partial charge < -0.3 is 10.1 Å². The Bertz CT molecular complexity index is 1540. The molecule has 0 aliphatic rings. The fourth-order valence-electron chi connectivity index (χ4n) is 3.97. The van der Waals surface area contributed by atoms with Crippen LogP contribution >= 0.6 is 28.4 Å². The van der Waals surface area contributed by atoms with Crippen LogP contribution in [0.15, 0.2) is 61.2 Å². The standard InChI is InChI=1S/C25H23IN7O2P/c1-3-18(30-23-21-24(28-13-27-23)33(36-26)14-29-21)22-31-19-8-6-5-7-17(19)20(32-22)15-9-11-16(12-10-15)25(34)35-4-2/h5-14,18,36H,3-4H2,1-2H3,(H,27,28,30)/t18-/m0/s1. The Labute approximate surface area is 222 Å². The van der Waals surface area contributed by atoms with Crippen molar-refractivity contribution in [3.63, 3.8) is 0 Å². The molecule has 0 saturated heterocycles. The Morgan fingerprint density at radius 3 is 2.64 bits per heavy atom. The molecule has 2 atom stereocenters. The molecule has 1 unspecified atom stereocenters. The summed E-state index contributed by atoms with van der Waals surface area (Å²) in [5, 5.41) is 4.43. The number of hydrogen-bond donors (Lipinski definition) is 1. The third-order valence-electron chi connectivity index (χ3n) is 5.75. The molecule has 0 fully saturated rings. The molecule has 0 aliphatic carbocycles. The number of nitrogens with zero attached hydrogens (tertiary/aromatic N) is 6. The lowest BCUT2D eigenvalue weighted by molar-refractivity contribution is 0.0526. The minimum Gasteiger partial charge on any atom is -0.462 e. The van der Waals surface area contributed by atoms with Crippen molar-refractivity contribution >= 4 is 62.3 Å². The van der Waals surface area contributed by atoms with E-state index in [0.29, 0.717) is 30.2 Å². The molecule has 0 amide bonds. The van der Waals surface area contributed by atoms with Crippen molar-refractivity contribution in [1.82, 2.24) is 29.3 Å². The summed E-state index contributed by atoms with van der Waals surface area (Å²) in [5.41, 5.74) is 4.55. The number of aromatic nitrogens is 6. The molecule has 36 heavy (non-hydrogen) atoms. The van der Waals surface area contributed by atoms with E-state index in [-0.39, 0.29) is 12.0 Å². The number of carbonyl (C=O) groups is 1. The number of rotatable bonds is 8. The SMILES string of the molecule is CCOC(=O)c1ccc(-c2nc([C@H](CC)Nc3ncnc4c3ncn4PI)nc3ccccc23)cc1. The van der Waals surface area contributed by atoms with Crippen molar-refractivity contribution in [3.05, 3.63) is 72.6 Å². The molecule has 3 aromatic heterocycles. The van der Waals surface area contributed by atoms with Crippen LogP contribution in [0.2, 0.25) is 0 Å². The van der Waals surface area contributed by atoms with E-state index in [1.807, 2.05) is 40.7 Å². The molecule has 1 N–H and O–H groups in total. The normalized spacial score (nSPS) is 12.4. The van der Waals surface area contributed by atoms with E-state index in [0.717, 1.165) is 39.7 Å². The highest BCUT2D eigenvalue weighted by molar-refractivity contribution is 14.2. The lowest BCUT2D eigenvalue weighted by atomic mass is 10.0. The number of esters is 1. The van der Waals surface area contributed by atoms with Crippen molar-refractivity contribution in [2.75, 3.05) is 11.9 Å². The van der Waals surface area contributed by atoms with Gasteiger partial charge >= 0.3 is 5.97 Å². The first-order chi connectivity index (χ1) is 17.6. The number of carbonyl (C=O) groups excluding carboxylic acids is 1. The van der Waals surface area contributed by atoms with E-state index >= 15 is 0 Å². The minimum atomic E-state index is -0.339. The van der Waals surface area contributed by atoms with Crippen LogP contribution in [-0.2, 0) is 4.74 Å². The molecule has 0 aliphatic heterocycles. The van der Waals surface area contributed by atoms with E-state index < -0.39 is 0 Å². The summed E-state index contributed by atoms with van der Waals surface area (Å²) in [6, 6.07) is 15.0. The molecule has 11 heteroatoms. The molecular formula is C25H23IN7O2P. The predicted octanol–water partition coefficient (Wildman–Crippen LogP) is 5.97. The lowest BCUT2D eigenvalue weighted by Gasteiger charge is -2.18. The number of ether oxygens (including phenoxy) is 1. The maximum Gasteiger partial charge on any atom is 0.338 e. The van der Waals surface area contributed by atoms with Gasteiger partial charge in [0.2, 0.25) is 0 Å². The van der Waals surface area contributed by atoms with Crippen molar-refractivity contribution in [1.29, 1.82) is 0 Å². The second-order valence-corrected chi connectivity index (χ2v) is 10.0. The van der Waals surface area contributed by atoms with Crippen LogP contribution < -0.4 is 5.32 Å². The molecule has 9 nitrogen and oxygen atoms in total. The van der Waals surface area contributed by atoms with Gasteiger partial charge in [-0.2, -0.15) is 0 Å². The molecular weight excluding hydrogens is 588 g/mol. The van der Waals surface area contributed by atoms with Gasteiger partial charge in [0.15, 0.2) is 22.8 Å². The van der Waals surface area contributed by atoms with Gasteiger partial charge in [0.25, 0.3) is 0 Å². The number of imidazole rings is 1. The van der Waals surface area contributed by atoms with Gasteiger partial charge in [-0.1, -0.05) is 37.3 Å². The van der Waals surface area contributed by atoms with E-state index in [1.165, 1.54) is 0 Å². The largest absolute Gasteiger partial charge is 0.462 e. The van der Waals surface area contributed by atoms with E-state index in [1.54, 1.807) is 31.7 Å². The Morgan fingerprint density at radius 1 is 1.08 bits per heavy atom. The number of halogens is 1. The van der Waals surface area contributed by atoms with Crippen LogP contribution in [0.3, 0.4) is 0 Å². The molecule has 0 radical (unpaired) electrons. The third-order valence-corrected chi connectivity index (χ3v) is 7.81. The second-order valence-electron chi connectivity index (χ2n) is 7.94. The van der Waals surface area contributed by atoms with Crippen molar-refractivity contribution in [3.8, 4) is 11.3 Å². The highest BCUT2D eigenvalue weighted by atomic mass is 127. The monoisotopic (exact) mass is 611 g/mol. The summed E-state index contributed by atoms with van der Waals surface area (Å²) in [7, 11) is 0. The summed E-state index contributed by atoms with van der Waals surface area (Å²) in [5.74, 6) is 0.967. The second kappa shape index (κ2) is 10.8. The fraction of sp³-hybridized carbons (Fsp3) is 0.200. The van der Waals surface area contributed by atoms with Gasteiger partial charge in [0, 0.05) is 10.9 Å².